The van der Waals surface area contributed by atoms with Gasteiger partial charge >= 0.3 is 5.97 Å². The molecule has 1 aromatic carbocycles. The Morgan fingerprint density at radius 1 is 1.39 bits per heavy atom. The van der Waals surface area contributed by atoms with Crippen LogP contribution in [0.2, 0.25) is 0 Å². The molecule has 1 heterocycles. The van der Waals surface area contributed by atoms with Gasteiger partial charge in [0.15, 0.2) is 6.10 Å². The van der Waals surface area contributed by atoms with E-state index in [2.05, 4.69) is 0 Å². The first-order valence-corrected chi connectivity index (χ1v) is 5.97. The normalized spacial score (nSPS) is 12.9. The molecule has 2 N–H and O–H groups in total. The van der Waals surface area contributed by atoms with Gasteiger partial charge in [0.05, 0.1) is 0 Å². The van der Waals surface area contributed by atoms with Crippen molar-refractivity contribution in [1.82, 2.24) is 4.57 Å². The van der Waals surface area contributed by atoms with E-state index in [0.29, 0.717) is 5.56 Å². The Balaban J connectivity index is 2.82. The lowest BCUT2D eigenvalue weighted by Crippen LogP contribution is -2.12. The number of carbonyl (C=O) groups is 1. The molecule has 1 atom stereocenters. The monoisotopic (exact) mass is 247 g/mol. The molecule has 0 spiro atoms. The average molecular weight is 247 g/mol. The van der Waals surface area contributed by atoms with E-state index >= 15 is 0 Å². The zero-order valence-corrected chi connectivity index (χ0v) is 10.8. The summed E-state index contributed by atoms with van der Waals surface area (Å²) in [6, 6.07) is 5.89. The first-order chi connectivity index (χ1) is 8.47. The number of aliphatic hydroxyl groups excluding tert-OH is 1. The van der Waals surface area contributed by atoms with Crippen molar-refractivity contribution >= 4 is 16.9 Å². The molecule has 1 unspecified atom stereocenters. The number of rotatable bonds is 3. The number of carboxylic acids is 1. The number of aliphatic hydroxyl groups is 1. The molecule has 0 bridgehead atoms. The van der Waals surface area contributed by atoms with E-state index in [1.807, 2.05) is 43.5 Å². The fourth-order valence-electron chi connectivity index (χ4n) is 2.50. The van der Waals surface area contributed by atoms with Crippen molar-refractivity contribution in [1.29, 1.82) is 0 Å². The molecule has 2 rings (SSSR count). The minimum Gasteiger partial charge on any atom is -0.479 e. The van der Waals surface area contributed by atoms with Gasteiger partial charge in [-0.25, -0.2) is 4.79 Å². The molecule has 4 nitrogen and oxygen atoms in total. The van der Waals surface area contributed by atoms with Crippen LogP contribution in [0.25, 0.3) is 10.9 Å². The Labute approximate surface area is 105 Å². The topological polar surface area (TPSA) is 62.5 Å². The predicted molar refractivity (Wildman–Crippen MR) is 69.7 cm³/mol. The number of nitrogens with zero attached hydrogens (tertiary/aromatic N) is 1. The second kappa shape index (κ2) is 4.46. The highest BCUT2D eigenvalue weighted by Crippen LogP contribution is 2.31. The molecule has 18 heavy (non-hydrogen) atoms. The third-order valence-corrected chi connectivity index (χ3v) is 3.35. The van der Waals surface area contributed by atoms with Crippen LogP contribution in [0.15, 0.2) is 18.2 Å². The molecular formula is C14H17NO3. The maximum atomic E-state index is 11.0. The molecule has 4 heteroatoms. The number of carboxylic acid groups (broad SMARTS) is 1. The molecule has 2 aromatic rings. The summed E-state index contributed by atoms with van der Waals surface area (Å²) in [6.45, 7) is 6.55. The maximum absolute atomic E-state index is 11.0. The molecule has 0 saturated heterocycles. The van der Waals surface area contributed by atoms with E-state index in [9.17, 15) is 9.90 Å². The number of fused-ring (bicyclic) bond motifs is 1. The number of aryl methyl sites for hydroxylation is 2. The summed E-state index contributed by atoms with van der Waals surface area (Å²) in [4.78, 5) is 11.0. The lowest BCUT2D eigenvalue weighted by atomic mass is 10.0. The Bertz CT molecular complexity index is 613. The van der Waals surface area contributed by atoms with Crippen molar-refractivity contribution in [2.75, 3.05) is 0 Å². The Kier molecular flexibility index (Phi) is 3.13. The van der Waals surface area contributed by atoms with Crippen LogP contribution in [0.5, 0.6) is 0 Å². The van der Waals surface area contributed by atoms with Crippen molar-refractivity contribution in [3.63, 3.8) is 0 Å². The van der Waals surface area contributed by atoms with E-state index < -0.39 is 12.1 Å². The summed E-state index contributed by atoms with van der Waals surface area (Å²) in [5.41, 5.74) is 3.33. The zero-order valence-electron chi connectivity index (χ0n) is 10.8. The highest BCUT2D eigenvalue weighted by Gasteiger charge is 2.24. The van der Waals surface area contributed by atoms with Crippen LogP contribution in [0.3, 0.4) is 0 Å². The van der Waals surface area contributed by atoms with Crippen LogP contribution in [-0.2, 0) is 11.3 Å². The standard InChI is InChI=1S/C14H17NO3/c1-4-15-9(3)12(13(16)14(17)18)10-7-8(2)5-6-11(10)15/h5-7,13,16H,4H2,1-3H3,(H,17,18). The van der Waals surface area contributed by atoms with Gasteiger partial charge < -0.3 is 14.8 Å². The van der Waals surface area contributed by atoms with Crippen molar-refractivity contribution in [2.24, 2.45) is 0 Å². The van der Waals surface area contributed by atoms with Gasteiger partial charge in [0.25, 0.3) is 0 Å². The average Bonchev–Trinajstić information content (AvgIpc) is 2.59. The summed E-state index contributed by atoms with van der Waals surface area (Å²) >= 11 is 0. The number of hydrogen-bond donors (Lipinski definition) is 2. The molecule has 96 valence electrons. The predicted octanol–water partition coefficient (Wildman–Crippen LogP) is 2.40. The van der Waals surface area contributed by atoms with Gasteiger partial charge in [0.2, 0.25) is 0 Å². The van der Waals surface area contributed by atoms with Crippen LogP contribution in [0, 0.1) is 13.8 Å². The fraction of sp³-hybridized carbons (Fsp3) is 0.357. The number of aliphatic carboxylic acids is 1. The van der Waals surface area contributed by atoms with E-state index in [1.165, 1.54) is 0 Å². The maximum Gasteiger partial charge on any atom is 0.337 e. The van der Waals surface area contributed by atoms with E-state index in [-0.39, 0.29) is 0 Å². The van der Waals surface area contributed by atoms with E-state index in [0.717, 1.165) is 28.7 Å². The summed E-state index contributed by atoms with van der Waals surface area (Å²) in [7, 11) is 0. The van der Waals surface area contributed by atoms with Crippen LogP contribution < -0.4 is 0 Å². The molecule has 0 amide bonds. The van der Waals surface area contributed by atoms with Crippen molar-refractivity contribution in [3.05, 3.63) is 35.0 Å². The fourth-order valence-corrected chi connectivity index (χ4v) is 2.50. The first kappa shape index (κ1) is 12.6. The molecule has 0 aliphatic rings. The summed E-state index contributed by atoms with van der Waals surface area (Å²) < 4.78 is 2.02. The molecular weight excluding hydrogens is 230 g/mol. The van der Waals surface area contributed by atoms with Gasteiger partial charge in [-0.05, 0) is 32.9 Å². The van der Waals surface area contributed by atoms with Gasteiger partial charge in [-0.1, -0.05) is 11.6 Å². The highest BCUT2D eigenvalue weighted by molar-refractivity contribution is 5.91. The molecule has 0 fully saturated rings. The van der Waals surface area contributed by atoms with Crippen LogP contribution in [-0.4, -0.2) is 20.7 Å². The summed E-state index contributed by atoms with van der Waals surface area (Å²) in [6.07, 6.45) is -1.47. The minimum absolute atomic E-state index is 0.503. The second-order valence-electron chi connectivity index (χ2n) is 4.50. The molecule has 0 aliphatic carbocycles. The van der Waals surface area contributed by atoms with Gasteiger partial charge in [-0.3, -0.25) is 0 Å². The Morgan fingerprint density at radius 3 is 2.61 bits per heavy atom. The first-order valence-electron chi connectivity index (χ1n) is 5.97. The lowest BCUT2D eigenvalue weighted by Gasteiger charge is -2.07. The SMILES string of the molecule is CCn1c(C)c(C(O)C(=O)O)c2cc(C)ccc21. The van der Waals surface area contributed by atoms with Crippen LogP contribution in [0.4, 0.5) is 0 Å². The van der Waals surface area contributed by atoms with Crippen LogP contribution >= 0.6 is 0 Å². The van der Waals surface area contributed by atoms with Crippen molar-refractivity contribution in [2.45, 2.75) is 33.4 Å². The third kappa shape index (κ3) is 1.78. The van der Waals surface area contributed by atoms with Crippen molar-refractivity contribution in [3.8, 4) is 0 Å². The number of benzene rings is 1. The third-order valence-electron chi connectivity index (χ3n) is 3.35. The number of hydrogen-bond acceptors (Lipinski definition) is 2. The summed E-state index contributed by atoms with van der Waals surface area (Å²) in [5, 5.41) is 19.7. The molecule has 0 saturated carbocycles. The van der Waals surface area contributed by atoms with Crippen LogP contribution in [0.1, 0.15) is 29.8 Å². The van der Waals surface area contributed by atoms with Gasteiger partial charge in [-0.2, -0.15) is 0 Å². The van der Waals surface area contributed by atoms with Crippen molar-refractivity contribution < 1.29 is 15.0 Å². The smallest absolute Gasteiger partial charge is 0.337 e. The molecule has 1 aromatic heterocycles. The Hall–Kier alpha value is -1.81. The lowest BCUT2D eigenvalue weighted by molar-refractivity contribution is -0.146. The largest absolute Gasteiger partial charge is 0.479 e. The van der Waals surface area contributed by atoms with Gasteiger partial charge in [0.1, 0.15) is 0 Å². The Morgan fingerprint density at radius 2 is 2.06 bits per heavy atom. The van der Waals surface area contributed by atoms with Gasteiger partial charge in [0, 0.05) is 28.7 Å². The van der Waals surface area contributed by atoms with E-state index in [4.69, 9.17) is 5.11 Å². The quantitative estimate of drug-likeness (QED) is 0.875. The zero-order chi connectivity index (χ0) is 13.4. The van der Waals surface area contributed by atoms with E-state index in [1.54, 1.807) is 0 Å². The second-order valence-corrected chi connectivity index (χ2v) is 4.50. The summed E-state index contributed by atoms with van der Waals surface area (Å²) in [5.74, 6) is -1.21. The molecule has 0 radical (unpaired) electrons. The molecule has 0 aliphatic heterocycles. The minimum atomic E-state index is -1.47. The highest BCUT2D eigenvalue weighted by atomic mass is 16.4. The van der Waals surface area contributed by atoms with Gasteiger partial charge in [-0.15, -0.1) is 0 Å². The number of aromatic nitrogens is 1.